The zero-order valence-electron chi connectivity index (χ0n) is 8.30. The van der Waals surface area contributed by atoms with E-state index in [0.29, 0.717) is 0 Å². The summed E-state index contributed by atoms with van der Waals surface area (Å²) in [7, 11) is 1.96. The SMILES string of the molecule is C=C1N(C)N=CCCCC1(C)C. The van der Waals surface area contributed by atoms with Crippen molar-refractivity contribution in [3.05, 3.63) is 12.3 Å². The second-order valence-corrected chi connectivity index (χ2v) is 4.04. The molecule has 0 amide bonds. The van der Waals surface area contributed by atoms with Crippen LogP contribution in [0.5, 0.6) is 0 Å². The number of hydrogen-bond acceptors (Lipinski definition) is 2. The molecule has 0 saturated carbocycles. The van der Waals surface area contributed by atoms with Gasteiger partial charge in [0.25, 0.3) is 0 Å². The molecule has 0 aromatic carbocycles. The van der Waals surface area contributed by atoms with Crippen molar-refractivity contribution in [2.24, 2.45) is 10.5 Å². The third-order valence-electron chi connectivity index (χ3n) is 2.56. The van der Waals surface area contributed by atoms with Gasteiger partial charge in [-0.25, -0.2) is 0 Å². The highest BCUT2D eigenvalue weighted by molar-refractivity contribution is 5.57. The quantitative estimate of drug-likeness (QED) is 0.540. The van der Waals surface area contributed by atoms with Gasteiger partial charge in [-0.2, -0.15) is 5.10 Å². The van der Waals surface area contributed by atoms with Gasteiger partial charge in [0.1, 0.15) is 0 Å². The Morgan fingerprint density at radius 2 is 2.25 bits per heavy atom. The van der Waals surface area contributed by atoms with Gasteiger partial charge in [0.2, 0.25) is 0 Å². The van der Waals surface area contributed by atoms with Crippen LogP contribution >= 0.6 is 0 Å². The van der Waals surface area contributed by atoms with Crippen molar-refractivity contribution >= 4 is 6.21 Å². The van der Waals surface area contributed by atoms with Gasteiger partial charge < -0.3 is 0 Å². The number of nitrogens with zero attached hydrogens (tertiary/aromatic N) is 2. The van der Waals surface area contributed by atoms with Crippen molar-refractivity contribution in [2.75, 3.05) is 7.05 Å². The number of hydrogen-bond donors (Lipinski definition) is 0. The summed E-state index contributed by atoms with van der Waals surface area (Å²) in [6.07, 6.45) is 5.47. The van der Waals surface area contributed by atoms with Gasteiger partial charge in [-0.3, -0.25) is 5.01 Å². The molecule has 2 nitrogen and oxygen atoms in total. The second kappa shape index (κ2) is 3.30. The van der Waals surface area contributed by atoms with Crippen molar-refractivity contribution < 1.29 is 0 Å². The lowest BCUT2D eigenvalue weighted by atomic mass is 9.84. The second-order valence-electron chi connectivity index (χ2n) is 4.04. The fourth-order valence-electron chi connectivity index (χ4n) is 1.47. The lowest BCUT2D eigenvalue weighted by Crippen LogP contribution is -2.26. The average molecular weight is 166 g/mol. The van der Waals surface area contributed by atoms with Crippen molar-refractivity contribution in [1.29, 1.82) is 0 Å². The highest BCUT2D eigenvalue weighted by Crippen LogP contribution is 2.33. The van der Waals surface area contributed by atoms with Crippen LogP contribution in [0.25, 0.3) is 0 Å². The molecule has 0 aliphatic carbocycles. The standard InChI is InChI=1S/C10H18N2/c1-9-10(2,3)7-5-6-8-11-12(9)4/h8H,1,5-7H2,2-4H3. The molecule has 12 heavy (non-hydrogen) atoms. The van der Waals surface area contributed by atoms with Gasteiger partial charge in [0.05, 0.1) is 0 Å². The van der Waals surface area contributed by atoms with Gasteiger partial charge in [-0.1, -0.05) is 20.4 Å². The number of allylic oxidation sites excluding steroid dienone is 1. The largest absolute Gasteiger partial charge is 0.273 e. The smallest absolute Gasteiger partial charge is 0.0349 e. The van der Waals surface area contributed by atoms with Crippen LogP contribution in [0.15, 0.2) is 17.4 Å². The van der Waals surface area contributed by atoms with Gasteiger partial charge in [-0.05, 0) is 19.3 Å². The van der Waals surface area contributed by atoms with Gasteiger partial charge in [-0.15, -0.1) is 0 Å². The number of hydrazone groups is 1. The summed E-state index contributed by atoms with van der Waals surface area (Å²) in [5, 5.41) is 6.16. The minimum atomic E-state index is 0.201. The van der Waals surface area contributed by atoms with Gasteiger partial charge in [0, 0.05) is 24.4 Å². The molecule has 1 aliphatic heterocycles. The summed E-state index contributed by atoms with van der Waals surface area (Å²) >= 11 is 0. The van der Waals surface area contributed by atoms with Crippen molar-refractivity contribution in [2.45, 2.75) is 33.1 Å². The molecule has 0 fully saturated rings. The molecule has 0 spiro atoms. The molecular formula is C10H18N2. The monoisotopic (exact) mass is 166 g/mol. The summed E-state index contributed by atoms with van der Waals surface area (Å²) in [4.78, 5) is 0. The maximum atomic E-state index is 4.27. The Balaban J connectivity index is 2.81. The minimum Gasteiger partial charge on any atom is -0.273 e. The predicted molar refractivity (Wildman–Crippen MR) is 53.0 cm³/mol. The highest BCUT2D eigenvalue weighted by atomic mass is 15.4. The summed E-state index contributed by atoms with van der Waals surface area (Å²) in [5.41, 5.74) is 1.31. The zero-order chi connectivity index (χ0) is 9.19. The first kappa shape index (κ1) is 9.30. The molecule has 0 N–H and O–H groups in total. The lowest BCUT2D eigenvalue weighted by molar-refractivity contribution is 0.276. The Labute approximate surface area is 75.0 Å². The van der Waals surface area contributed by atoms with Crippen molar-refractivity contribution in [3.8, 4) is 0 Å². The summed E-state index contributed by atoms with van der Waals surface area (Å²) in [6.45, 7) is 8.52. The first-order valence-corrected chi connectivity index (χ1v) is 4.49. The van der Waals surface area contributed by atoms with E-state index in [9.17, 15) is 0 Å². The summed E-state index contributed by atoms with van der Waals surface area (Å²) < 4.78 is 0. The van der Waals surface area contributed by atoms with Crippen LogP contribution in [-0.2, 0) is 0 Å². The molecule has 0 bridgehead atoms. The molecular weight excluding hydrogens is 148 g/mol. The third kappa shape index (κ3) is 1.87. The predicted octanol–water partition coefficient (Wildman–Crippen LogP) is 2.63. The third-order valence-corrected chi connectivity index (χ3v) is 2.56. The van der Waals surface area contributed by atoms with Crippen molar-refractivity contribution in [1.82, 2.24) is 5.01 Å². The van der Waals surface area contributed by atoms with Gasteiger partial charge in [0.15, 0.2) is 0 Å². The number of rotatable bonds is 0. The average Bonchev–Trinajstić information content (AvgIpc) is 2.00. The molecule has 0 aromatic heterocycles. The molecule has 0 atom stereocenters. The Morgan fingerprint density at radius 1 is 1.58 bits per heavy atom. The van der Waals surface area contributed by atoms with Gasteiger partial charge >= 0.3 is 0 Å². The van der Waals surface area contributed by atoms with Crippen LogP contribution in [0.3, 0.4) is 0 Å². The van der Waals surface area contributed by atoms with E-state index in [-0.39, 0.29) is 5.41 Å². The molecule has 1 heterocycles. The topological polar surface area (TPSA) is 15.6 Å². The van der Waals surface area contributed by atoms with E-state index in [1.165, 1.54) is 12.8 Å². The molecule has 1 rings (SSSR count). The van der Waals surface area contributed by atoms with Crippen LogP contribution in [0.4, 0.5) is 0 Å². The maximum absolute atomic E-state index is 4.27. The Hall–Kier alpha value is -0.790. The molecule has 0 radical (unpaired) electrons. The summed E-state index contributed by atoms with van der Waals surface area (Å²) in [5.74, 6) is 0. The molecule has 2 heteroatoms. The lowest BCUT2D eigenvalue weighted by Gasteiger charge is -2.32. The first-order chi connectivity index (χ1) is 5.54. The first-order valence-electron chi connectivity index (χ1n) is 4.49. The maximum Gasteiger partial charge on any atom is 0.0349 e. The van der Waals surface area contributed by atoms with E-state index >= 15 is 0 Å². The molecule has 0 saturated heterocycles. The summed E-state index contributed by atoms with van der Waals surface area (Å²) in [6, 6.07) is 0. The van der Waals surface area contributed by atoms with E-state index in [2.05, 4.69) is 25.5 Å². The van der Waals surface area contributed by atoms with Crippen LogP contribution in [0.2, 0.25) is 0 Å². The molecule has 1 aliphatic rings. The minimum absolute atomic E-state index is 0.201. The molecule has 0 aromatic rings. The van der Waals surface area contributed by atoms with E-state index in [4.69, 9.17) is 0 Å². The van der Waals surface area contributed by atoms with E-state index in [1.54, 1.807) is 0 Å². The van der Waals surface area contributed by atoms with E-state index in [1.807, 2.05) is 18.3 Å². The van der Waals surface area contributed by atoms with Crippen LogP contribution in [0.1, 0.15) is 33.1 Å². The Kier molecular flexibility index (Phi) is 2.55. The van der Waals surface area contributed by atoms with Crippen LogP contribution in [0, 0.1) is 5.41 Å². The van der Waals surface area contributed by atoms with Crippen LogP contribution < -0.4 is 0 Å². The van der Waals surface area contributed by atoms with Crippen LogP contribution in [-0.4, -0.2) is 18.3 Å². The molecule has 68 valence electrons. The normalized spacial score (nSPS) is 23.6. The van der Waals surface area contributed by atoms with E-state index in [0.717, 1.165) is 12.1 Å². The Bertz CT molecular complexity index is 204. The zero-order valence-corrected chi connectivity index (χ0v) is 8.30. The fraction of sp³-hybridized carbons (Fsp3) is 0.700. The molecule has 0 unspecified atom stereocenters. The highest BCUT2D eigenvalue weighted by Gasteiger charge is 2.24. The Morgan fingerprint density at radius 3 is 2.92 bits per heavy atom. The van der Waals surface area contributed by atoms with Crippen molar-refractivity contribution in [3.63, 3.8) is 0 Å². The van der Waals surface area contributed by atoms with E-state index < -0.39 is 0 Å². The fourth-order valence-corrected chi connectivity index (χ4v) is 1.47.